The van der Waals surface area contributed by atoms with Crippen molar-refractivity contribution in [3.05, 3.63) is 16.4 Å². The van der Waals surface area contributed by atoms with Gasteiger partial charge in [0.25, 0.3) is 5.91 Å². The fourth-order valence-corrected chi connectivity index (χ4v) is 1.48. The summed E-state index contributed by atoms with van der Waals surface area (Å²) in [6, 6.07) is -0.0328. The SMILES string of the molecule is C#CCC(C)NC(=O)c1cnn(C)c1Br. The molecule has 1 aromatic rings. The minimum absolute atomic E-state index is 0.0328. The Kier molecular flexibility index (Phi) is 3.92. The fraction of sp³-hybridized carbons (Fsp3) is 0.400. The molecule has 0 aliphatic rings. The second-order valence-electron chi connectivity index (χ2n) is 3.26. The molecule has 1 heterocycles. The molecule has 0 bridgehead atoms. The first-order valence-corrected chi connectivity index (χ1v) is 5.27. The molecule has 1 aromatic heterocycles. The highest BCUT2D eigenvalue weighted by Gasteiger charge is 2.15. The maximum Gasteiger partial charge on any atom is 0.255 e. The third-order valence-corrected chi connectivity index (χ3v) is 2.85. The Bertz CT molecular complexity index is 405. The van der Waals surface area contributed by atoms with E-state index in [2.05, 4.69) is 32.3 Å². The molecule has 0 fully saturated rings. The summed E-state index contributed by atoms with van der Waals surface area (Å²) < 4.78 is 2.24. The van der Waals surface area contributed by atoms with E-state index in [9.17, 15) is 4.79 Å². The van der Waals surface area contributed by atoms with Crippen LogP contribution in [0.1, 0.15) is 23.7 Å². The van der Waals surface area contributed by atoms with Crippen LogP contribution in [0.3, 0.4) is 0 Å². The van der Waals surface area contributed by atoms with Crippen molar-refractivity contribution in [2.45, 2.75) is 19.4 Å². The van der Waals surface area contributed by atoms with Gasteiger partial charge in [-0.1, -0.05) is 0 Å². The van der Waals surface area contributed by atoms with Crippen molar-refractivity contribution >= 4 is 21.8 Å². The van der Waals surface area contributed by atoms with Crippen LogP contribution in [-0.2, 0) is 7.05 Å². The number of carbonyl (C=O) groups excluding carboxylic acids is 1. The van der Waals surface area contributed by atoms with Crippen LogP contribution in [0.4, 0.5) is 0 Å². The summed E-state index contributed by atoms with van der Waals surface area (Å²) in [5.41, 5.74) is 0.515. The van der Waals surface area contributed by atoms with Gasteiger partial charge in [0.1, 0.15) is 4.60 Å². The van der Waals surface area contributed by atoms with Crippen molar-refractivity contribution in [3.8, 4) is 12.3 Å². The molecule has 1 amide bonds. The first-order chi connectivity index (χ1) is 7.06. The average Bonchev–Trinajstić information content (AvgIpc) is 2.48. The van der Waals surface area contributed by atoms with Crippen molar-refractivity contribution < 1.29 is 4.79 Å². The van der Waals surface area contributed by atoms with Gasteiger partial charge in [0.2, 0.25) is 0 Å². The summed E-state index contributed by atoms with van der Waals surface area (Å²) in [6.07, 6.45) is 7.18. The molecule has 15 heavy (non-hydrogen) atoms. The van der Waals surface area contributed by atoms with Crippen molar-refractivity contribution in [3.63, 3.8) is 0 Å². The summed E-state index contributed by atoms with van der Waals surface area (Å²) >= 11 is 3.28. The van der Waals surface area contributed by atoms with Crippen LogP contribution in [0.2, 0.25) is 0 Å². The zero-order chi connectivity index (χ0) is 11.4. The molecule has 5 heteroatoms. The number of hydrogen-bond acceptors (Lipinski definition) is 2. The van der Waals surface area contributed by atoms with Crippen LogP contribution in [0.5, 0.6) is 0 Å². The summed E-state index contributed by atoms with van der Waals surface area (Å²) in [5.74, 6) is 2.33. The van der Waals surface area contributed by atoms with Gasteiger partial charge in [-0.3, -0.25) is 9.48 Å². The highest BCUT2D eigenvalue weighted by atomic mass is 79.9. The lowest BCUT2D eigenvalue weighted by molar-refractivity contribution is 0.0940. The van der Waals surface area contributed by atoms with E-state index in [4.69, 9.17) is 6.42 Å². The van der Waals surface area contributed by atoms with E-state index in [1.165, 1.54) is 6.20 Å². The van der Waals surface area contributed by atoms with E-state index < -0.39 is 0 Å². The minimum atomic E-state index is -0.169. The van der Waals surface area contributed by atoms with Gasteiger partial charge >= 0.3 is 0 Å². The molecule has 0 spiro atoms. The minimum Gasteiger partial charge on any atom is -0.348 e. The zero-order valence-electron chi connectivity index (χ0n) is 8.62. The number of rotatable bonds is 3. The number of hydrogen-bond donors (Lipinski definition) is 1. The zero-order valence-corrected chi connectivity index (χ0v) is 10.2. The van der Waals surface area contributed by atoms with Crippen LogP contribution >= 0.6 is 15.9 Å². The Hall–Kier alpha value is -1.28. The third kappa shape index (κ3) is 2.83. The highest BCUT2D eigenvalue weighted by molar-refractivity contribution is 9.10. The Morgan fingerprint density at radius 1 is 1.87 bits per heavy atom. The topological polar surface area (TPSA) is 46.9 Å². The summed E-state index contributed by atoms with van der Waals surface area (Å²) in [6.45, 7) is 1.86. The van der Waals surface area contributed by atoms with Crippen molar-refractivity contribution in [1.82, 2.24) is 15.1 Å². The molecular weight excluding hydrogens is 258 g/mol. The van der Waals surface area contributed by atoms with Crippen molar-refractivity contribution in [1.29, 1.82) is 0 Å². The van der Waals surface area contributed by atoms with Gasteiger partial charge in [0.05, 0.1) is 11.8 Å². The molecule has 0 aromatic carbocycles. The molecule has 1 rings (SSSR count). The summed E-state index contributed by atoms with van der Waals surface area (Å²) in [7, 11) is 1.76. The second-order valence-corrected chi connectivity index (χ2v) is 4.01. The lowest BCUT2D eigenvalue weighted by Crippen LogP contribution is -2.32. The van der Waals surface area contributed by atoms with Gasteiger partial charge in [-0.2, -0.15) is 5.10 Å². The predicted octanol–water partition coefficient (Wildman–Crippen LogP) is 1.32. The molecule has 0 aliphatic heterocycles. The Morgan fingerprint density at radius 2 is 2.53 bits per heavy atom. The maximum atomic E-state index is 11.7. The quantitative estimate of drug-likeness (QED) is 0.842. The number of carbonyl (C=O) groups is 1. The van der Waals surface area contributed by atoms with E-state index in [1.54, 1.807) is 11.7 Å². The van der Waals surface area contributed by atoms with E-state index in [-0.39, 0.29) is 11.9 Å². The standard InChI is InChI=1S/C10H12BrN3O/c1-4-5-7(2)13-10(15)8-6-12-14(3)9(8)11/h1,6-7H,5H2,2-3H3,(H,13,15). The van der Waals surface area contributed by atoms with Crippen LogP contribution in [0.15, 0.2) is 10.8 Å². The Morgan fingerprint density at radius 3 is 3.00 bits per heavy atom. The van der Waals surface area contributed by atoms with Crippen LogP contribution in [0, 0.1) is 12.3 Å². The van der Waals surface area contributed by atoms with E-state index in [1.807, 2.05) is 6.92 Å². The summed E-state index contributed by atoms with van der Waals surface area (Å²) in [4.78, 5) is 11.7. The van der Waals surface area contributed by atoms with E-state index in [0.29, 0.717) is 16.6 Å². The molecule has 4 nitrogen and oxygen atoms in total. The van der Waals surface area contributed by atoms with Crippen molar-refractivity contribution in [2.24, 2.45) is 7.05 Å². The van der Waals surface area contributed by atoms with Crippen LogP contribution < -0.4 is 5.32 Å². The lowest BCUT2D eigenvalue weighted by Gasteiger charge is -2.09. The number of terminal acetylenes is 1. The van der Waals surface area contributed by atoms with E-state index >= 15 is 0 Å². The monoisotopic (exact) mass is 269 g/mol. The van der Waals surface area contributed by atoms with Gasteiger partial charge < -0.3 is 5.32 Å². The molecule has 0 radical (unpaired) electrons. The predicted molar refractivity (Wildman–Crippen MR) is 61.3 cm³/mol. The third-order valence-electron chi connectivity index (χ3n) is 1.91. The van der Waals surface area contributed by atoms with Gasteiger partial charge in [-0.25, -0.2) is 0 Å². The van der Waals surface area contributed by atoms with Gasteiger partial charge in [0.15, 0.2) is 0 Å². The van der Waals surface area contributed by atoms with E-state index in [0.717, 1.165) is 0 Å². The maximum absolute atomic E-state index is 11.7. The lowest BCUT2D eigenvalue weighted by atomic mass is 10.2. The normalized spacial score (nSPS) is 11.9. The Balaban J connectivity index is 2.70. The molecule has 1 atom stereocenters. The molecule has 0 saturated carbocycles. The smallest absolute Gasteiger partial charge is 0.255 e. The second kappa shape index (κ2) is 4.99. The number of amides is 1. The van der Waals surface area contributed by atoms with Gasteiger partial charge in [0, 0.05) is 19.5 Å². The first kappa shape index (κ1) is 11.8. The number of aryl methyl sites for hydroxylation is 1. The largest absolute Gasteiger partial charge is 0.348 e. The average molecular weight is 270 g/mol. The summed E-state index contributed by atoms with van der Waals surface area (Å²) in [5, 5.41) is 6.75. The molecule has 0 saturated heterocycles. The molecular formula is C10H12BrN3O. The molecule has 80 valence electrons. The number of nitrogens with one attached hydrogen (secondary N) is 1. The molecule has 1 N–H and O–H groups in total. The Labute approximate surface area is 97.2 Å². The highest BCUT2D eigenvalue weighted by Crippen LogP contribution is 2.14. The van der Waals surface area contributed by atoms with Crippen molar-refractivity contribution in [2.75, 3.05) is 0 Å². The first-order valence-electron chi connectivity index (χ1n) is 4.48. The van der Waals surface area contributed by atoms with Gasteiger partial charge in [-0.15, -0.1) is 12.3 Å². The number of aromatic nitrogens is 2. The van der Waals surface area contributed by atoms with Crippen LogP contribution in [0.25, 0.3) is 0 Å². The molecule has 0 aliphatic carbocycles. The number of nitrogens with zero attached hydrogens (tertiary/aromatic N) is 2. The fourth-order valence-electron chi connectivity index (χ4n) is 1.10. The van der Waals surface area contributed by atoms with Gasteiger partial charge in [-0.05, 0) is 22.9 Å². The van der Waals surface area contributed by atoms with Crippen LogP contribution in [-0.4, -0.2) is 21.7 Å². The molecule has 1 unspecified atom stereocenters. The number of halogens is 1.